The van der Waals surface area contributed by atoms with Gasteiger partial charge in [-0.25, -0.2) is 9.37 Å². The Morgan fingerprint density at radius 3 is 2.52 bits per heavy atom. The van der Waals surface area contributed by atoms with Crippen molar-refractivity contribution < 1.29 is 9.50 Å². The minimum Gasteiger partial charge on any atom is -0.374 e. The third-order valence-corrected chi connectivity index (χ3v) is 6.80. The van der Waals surface area contributed by atoms with Crippen LogP contribution in [-0.4, -0.2) is 59.3 Å². The van der Waals surface area contributed by atoms with Crippen LogP contribution in [0.15, 0.2) is 24.3 Å². The molecule has 0 spiro atoms. The molecule has 1 aromatic heterocycles. The SMILES string of the molecule is CC(O)N(C)C(=N)c1cc2cc(F)ccc2nc1N1CCC(NC2CCCCC2)CC1. The van der Waals surface area contributed by atoms with Crippen molar-refractivity contribution in [1.29, 1.82) is 5.41 Å². The Morgan fingerprint density at radius 1 is 1.16 bits per heavy atom. The molecular weight excluding hydrogens is 393 g/mol. The van der Waals surface area contributed by atoms with Crippen molar-refractivity contribution in [3.63, 3.8) is 0 Å². The van der Waals surface area contributed by atoms with Gasteiger partial charge in [0.2, 0.25) is 0 Å². The second kappa shape index (κ2) is 9.49. The zero-order valence-corrected chi connectivity index (χ0v) is 18.6. The molecule has 0 radical (unpaired) electrons. The van der Waals surface area contributed by atoms with Crippen molar-refractivity contribution in [3.8, 4) is 0 Å². The fraction of sp³-hybridized carbons (Fsp3) is 0.583. The molecular formula is C24H34FN5O. The molecule has 2 aromatic rings. The highest BCUT2D eigenvalue weighted by Gasteiger charge is 2.27. The van der Waals surface area contributed by atoms with Crippen molar-refractivity contribution >= 4 is 22.6 Å². The molecule has 4 rings (SSSR count). The topological polar surface area (TPSA) is 75.5 Å². The molecule has 0 amide bonds. The quantitative estimate of drug-likeness (QED) is 0.384. The minimum absolute atomic E-state index is 0.186. The molecule has 1 aliphatic carbocycles. The van der Waals surface area contributed by atoms with Crippen LogP contribution in [-0.2, 0) is 0 Å². The van der Waals surface area contributed by atoms with Gasteiger partial charge in [-0.15, -0.1) is 0 Å². The van der Waals surface area contributed by atoms with Crippen LogP contribution in [0.5, 0.6) is 0 Å². The smallest absolute Gasteiger partial charge is 0.140 e. The van der Waals surface area contributed by atoms with E-state index in [1.54, 1.807) is 20.0 Å². The van der Waals surface area contributed by atoms with Crippen LogP contribution in [0.1, 0.15) is 57.4 Å². The summed E-state index contributed by atoms with van der Waals surface area (Å²) in [5.74, 6) is 0.608. The number of halogens is 1. The number of fused-ring (bicyclic) bond motifs is 1. The number of aliphatic hydroxyl groups is 1. The van der Waals surface area contributed by atoms with Crippen molar-refractivity contribution in [3.05, 3.63) is 35.6 Å². The van der Waals surface area contributed by atoms with Crippen molar-refractivity contribution in [2.45, 2.75) is 70.2 Å². The van der Waals surface area contributed by atoms with Gasteiger partial charge in [0.1, 0.15) is 23.7 Å². The van der Waals surface area contributed by atoms with Crippen LogP contribution >= 0.6 is 0 Å². The highest BCUT2D eigenvalue weighted by molar-refractivity contribution is 6.04. The fourth-order valence-corrected chi connectivity index (χ4v) is 4.79. The number of piperidine rings is 1. The molecule has 3 N–H and O–H groups in total. The number of rotatable bonds is 5. The number of pyridine rings is 1. The maximum atomic E-state index is 13.8. The van der Waals surface area contributed by atoms with E-state index in [0.717, 1.165) is 37.3 Å². The number of nitrogens with one attached hydrogen (secondary N) is 2. The van der Waals surface area contributed by atoms with Crippen LogP contribution in [0, 0.1) is 11.2 Å². The van der Waals surface area contributed by atoms with Gasteiger partial charge in [0.25, 0.3) is 0 Å². The Morgan fingerprint density at radius 2 is 1.84 bits per heavy atom. The van der Waals surface area contributed by atoms with Gasteiger partial charge in [0.05, 0.1) is 11.1 Å². The molecule has 7 heteroatoms. The molecule has 2 heterocycles. The Balaban J connectivity index is 1.56. The van der Waals surface area contributed by atoms with E-state index < -0.39 is 6.23 Å². The van der Waals surface area contributed by atoms with Crippen LogP contribution in [0.25, 0.3) is 10.9 Å². The molecule has 2 fully saturated rings. The van der Waals surface area contributed by atoms with Crippen molar-refractivity contribution in [1.82, 2.24) is 15.2 Å². The van der Waals surface area contributed by atoms with E-state index in [1.165, 1.54) is 49.1 Å². The number of anilines is 1. The Labute approximate surface area is 184 Å². The van der Waals surface area contributed by atoms with E-state index in [2.05, 4.69) is 10.2 Å². The number of nitrogens with zero attached hydrogens (tertiary/aromatic N) is 3. The van der Waals surface area contributed by atoms with Gasteiger partial charge >= 0.3 is 0 Å². The number of hydrogen-bond acceptors (Lipinski definition) is 5. The number of benzene rings is 1. The first kappa shape index (κ1) is 22.0. The normalized spacial score (nSPS) is 19.5. The van der Waals surface area contributed by atoms with Gasteiger partial charge in [0, 0.05) is 37.6 Å². The number of aromatic nitrogens is 1. The highest BCUT2D eigenvalue weighted by Crippen LogP contribution is 2.29. The zero-order chi connectivity index (χ0) is 22.0. The summed E-state index contributed by atoms with van der Waals surface area (Å²) < 4.78 is 13.8. The standard InChI is InChI=1S/C24H34FN5O/c1-16(31)29(2)23(26)21-15-17-14-18(25)8-9-22(17)28-24(21)30-12-10-20(11-13-30)27-19-6-4-3-5-7-19/h8-9,14-16,19-20,26-27,31H,3-7,10-13H2,1-2H3. The highest BCUT2D eigenvalue weighted by atomic mass is 19.1. The summed E-state index contributed by atoms with van der Waals surface area (Å²) in [4.78, 5) is 8.57. The third-order valence-electron chi connectivity index (χ3n) is 6.80. The molecule has 168 valence electrons. The maximum Gasteiger partial charge on any atom is 0.140 e. The van der Waals surface area contributed by atoms with Crippen LogP contribution in [0.3, 0.4) is 0 Å². The second-order valence-electron chi connectivity index (χ2n) is 9.05. The van der Waals surface area contributed by atoms with E-state index in [1.807, 2.05) is 6.07 Å². The van der Waals surface area contributed by atoms with E-state index >= 15 is 0 Å². The second-order valence-corrected chi connectivity index (χ2v) is 9.05. The largest absolute Gasteiger partial charge is 0.374 e. The van der Waals surface area contributed by atoms with E-state index in [0.29, 0.717) is 23.0 Å². The van der Waals surface area contributed by atoms with Crippen molar-refractivity contribution in [2.75, 3.05) is 25.0 Å². The minimum atomic E-state index is -0.797. The van der Waals surface area contributed by atoms with Gasteiger partial charge in [-0.1, -0.05) is 19.3 Å². The summed E-state index contributed by atoms with van der Waals surface area (Å²) in [5.41, 5.74) is 1.34. The summed E-state index contributed by atoms with van der Waals surface area (Å²) in [7, 11) is 1.69. The first-order chi connectivity index (χ1) is 14.9. The predicted molar refractivity (Wildman–Crippen MR) is 123 cm³/mol. The molecule has 1 aromatic carbocycles. The average molecular weight is 428 g/mol. The van der Waals surface area contributed by atoms with E-state index in [4.69, 9.17) is 10.4 Å². The molecule has 1 unspecified atom stereocenters. The van der Waals surface area contributed by atoms with Crippen LogP contribution in [0.2, 0.25) is 0 Å². The molecule has 0 bridgehead atoms. The Bertz CT molecular complexity index is 920. The lowest BCUT2D eigenvalue weighted by Crippen LogP contribution is -2.47. The molecule has 1 saturated heterocycles. The summed E-state index contributed by atoms with van der Waals surface area (Å²) in [6.07, 6.45) is 7.89. The van der Waals surface area contributed by atoms with Gasteiger partial charge in [-0.2, -0.15) is 0 Å². The monoisotopic (exact) mass is 427 g/mol. The number of aliphatic hydroxyl groups excluding tert-OH is 1. The predicted octanol–water partition coefficient (Wildman–Crippen LogP) is 3.86. The summed E-state index contributed by atoms with van der Waals surface area (Å²) >= 11 is 0. The van der Waals surface area contributed by atoms with Gasteiger partial charge in [-0.05, 0) is 56.9 Å². The van der Waals surface area contributed by atoms with E-state index in [-0.39, 0.29) is 11.7 Å². The lowest BCUT2D eigenvalue weighted by Gasteiger charge is -2.37. The first-order valence-corrected chi connectivity index (χ1v) is 11.5. The van der Waals surface area contributed by atoms with Crippen LogP contribution in [0.4, 0.5) is 10.2 Å². The molecule has 1 atom stereocenters. The van der Waals surface area contributed by atoms with Gasteiger partial charge in [0.15, 0.2) is 0 Å². The lowest BCUT2D eigenvalue weighted by atomic mass is 9.93. The Kier molecular flexibility index (Phi) is 6.72. The third kappa shape index (κ3) is 4.99. The molecule has 6 nitrogen and oxygen atoms in total. The first-order valence-electron chi connectivity index (χ1n) is 11.5. The number of amidine groups is 1. The van der Waals surface area contributed by atoms with E-state index in [9.17, 15) is 9.50 Å². The summed E-state index contributed by atoms with van der Waals surface area (Å²) in [5, 5.41) is 23.2. The van der Waals surface area contributed by atoms with Crippen LogP contribution < -0.4 is 10.2 Å². The molecule has 31 heavy (non-hydrogen) atoms. The zero-order valence-electron chi connectivity index (χ0n) is 18.6. The molecule has 1 aliphatic heterocycles. The summed E-state index contributed by atoms with van der Waals surface area (Å²) in [6, 6.07) is 7.57. The lowest BCUT2D eigenvalue weighted by molar-refractivity contribution is 0.0876. The Hall–Kier alpha value is -2.25. The van der Waals surface area contributed by atoms with Gasteiger partial charge in [-0.3, -0.25) is 5.41 Å². The average Bonchev–Trinajstić information content (AvgIpc) is 2.78. The summed E-state index contributed by atoms with van der Waals surface area (Å²) in [6.45, 7) is 3.36. The fourth-order valence-electron chi connectivity index (χ4n) is 4.79. The molecule has 1 saturated carbocycles. The van der Waals surface area contributed by atoms with Gasteiger partial charge < -0.3 is 20.2 Å². The maximum absolute atomic E-state index is 13.8. The van der Waals surface area contributed by atoms with Crippen molar-refractivity contribution in [2.24, 2.45) is 0 Å². The molecule has 2 aliphatic rings. The number of hydrogen-bond donors (Lipinski definition) is 3.